The van der Waals surface area contributed by atoms with Crippen LogP contribution in [0, 0.1) is 19.7 Å². The first-order chi connectivity index (χ1) is 14.0. The molecule has 0 bridgehead atoms. The lowest BCUT2D eigenvalue weighted by Gasteiger charge is -2.46. The Hall–Kier alpha value is -3.08. The molecule has 2 aliphatic heterocycles. The third-order valence-corrected chi connectivity index (χ3v) is 6.55. The van der Waals surface area contributed by atoms with Gasteiger partial charge < -0.3 is 14.8 Å². The fraction of sp³-hybridized carbons (Fsp3) is 0.292. The van der Waals surface area contributed by atoms with Gasteiger partial charge in [0.15, 0.2) is 0 Å². The number of nitrogens with zero attached hydrogens (tertiary/aromatic N) is 2. The molecule has 148 valence electrons. The molecular formula is C24H24FN3O. The smallest absolute Gasteiger partial charge is 0.253 e. The average molecular weight is 389 g/mol. The molecule has 2 aromatic carbocycles. The summed E-state index contributed by atoms with van der Waals surface area (Å²) in [4.78, 5) is 14.7. The van der Waals surface area contributed by atoms with Gasteiger partial charge in [-0.25, -0.2) is 4.39 Å². The van der Waals surface area contributed by atoms with Crippen LogP contribution >= 0.6 is 0 Å². The lowest BCUT2D eigenvalue weighted by molar-refractivity contribution is 0.0676. The van der Waals surface area contributed by atoms with Crippen LogP contribution in [0.5, 0.6) is 0 Å². The molecule has 5 heteroatoms. The van der Waals surface area contributed by atoms with Crippen LogP contribution in [0.15, 0.2) is 54.7 Å². The predicted octanol–water partition coefficient (Wildman–Crippen LogP) is 4.79. The quantitative estimate of drug-likeness (QED) is 0.650. The number of piperidine rings is 1. The molecule has 2 aliphatic rings. The fourth-order valence-electron chi connectivity index (χ4n) is 4.75. The lowest BCUT2D eigenvalue weighted by Crippen LogP contribution is -2.51. The molecule has 0 saturated carbocycles. The number of fused-ring (bicyclic) bond motifs is 4. The summed E-state index contributed by atoms with van der Waals surface area (Å²) in [6.45, 7) is 5.63. The van der Waals surface area contributed by atoms with Crippen LogP contribution in [-0.4, -0.2) is 28.5 Å². The zero-order valence-electron chi connectivity index (χ0n) is 16.7. The Morgan fingerprint density at radius 1 is 1.03 bits per heavy atom. The van der Waals surface area contributed by atoms with Crippen LogP contribution in [0.3, 0.4) is 0 Å². The predicted molar refractivity (Wildman–Crippen MR) is 112 cm³/mol. The van der Waals surface area contributed by atoms with E-state index in [0.717, 1.165) is 18.5 Å². The number of hydrogen-bond donors (Lipinski definition) is 1. The Bertz CT molecular complexity index is 1090. The first-order valence-electron chi connectivity index (χ1n) is 10.1. The molecule has 1 amide bonds. The van der Waals surface area contributed by atoms with E-state index in [0.29, 0.717) is 18.7 Å². The van der Waals surface area contributed by atoms with E-state index < -0.39 is 0 Å². The van der Waals surface area contributed by atoms with Gasteiger partial charge in [-0.15, -0.1) is 0 Å². The van der Waals surface area contributed by atoms with E-state index in [2.05, 4.69) is 54.2 Å². The summed E-state index contributed by atoms with van der Waals surface area (Å²) in [6, 6.07) is 14.4. The normalized spacial score (nSPS) is 16.9. The standard InChI is InChI=1S/C24H24FN3O/c1-16-5-10-20-22(17(16)2)28-13-3-4-21(28)24(26-20)11-14-27(15-12-24)23(29)18-6-8-19(25)9-7-18/h3-10,13,26H,11-12,14-15H2,1-2H3. The van der Waals surface area contributed by atoms with Crippen LogP contribution < -0.4 is 5.32 Å². The number of aromatic nitrogens is 1. The van der Waals surface area contributed by atoms with Gasteiger partial charge in [-0.1, -0.05) is 6.07 Å². The van der Waals surface area contributed by atoms with Gasteiger partial charge in [0.2, 0.25) is 0 Å². The van der Waals surface area contributed by atoms with Crippen LogP contribution in [0.2, 0.25) is 0 Å². The highest BCUT2D eigenvalue weighted by Crippen LogP contribution is 2.44. The molecule has 0 aliphatic carbocycles. The summed E-state index contributed by atoms with van der Waals surface area (Å²) in [5, 5.41) is 3.82. The summed E-state index contributed by atoms with van der Waals surface area (Å²) in [7, 11) is 0. The van der Waals surface area contributed by atoms with E-state index in [1.54, 1.807) is 12.1 Å². The minimum atomic E-state index is -0.324. The highest BCUT2D eigenvalue weighted by atomic mass is 19.1. The summed E-state index contributed by atoms with van der Waals surface area (Å²) < 4.78 is 15.5. The van der Waals surface area contributed by atoms with Crippen molar-refractivity contribution in [2.75, 3.05) is 18.4 Å². The van der Waals surface area contributed by atoms with Gasteiger partial charge in [0.1, 0.15) is 5.82 Å². The minimum absolute atomic E-state index is 0.0297. The van der Waals surface area contributed by atoms with Crippen molar-refractivity contribution in [3.05, 3.63) is 82.9 Å². The molecule has 1 spiro atoms. The number of amides is 1. The molecule has 5 rings (SSSR count). The molecule has 1 aromatic heterocycles. The van der Waals surface area contributed by atoms with Gasteiger partial charge in [0.25, 0.3) is 5.91 Å². The maximum absolute atomic E-state index is 13.2. The molecule has 0 radical (unpaired) electrons. The maximum Gasteiger partial charge on any atom is 0.253 e. The van der Waals surface area contributed by atoms with E-state index in [4.69, 9.17) is 0 Å². The fourth-order valence-corrected chi connectivity index (χ4v) is 4.75. The molecule has 29 heavy (non-hydrogen) atoms. The number of hydrogen-bond acceptors (Lipinski definition) is 2. The van der Waals surface area contributed by atoms with E-state index >= 15 is 0 Å². The Kier molecular flexibility index (Phi) is 4.02. The number of halogens is 1. The second-order valence-corrected chi connectivity index (χ2v) is 8.17. The van der Waals surface area contributed by atoms with Crippen LogP contribution in [0.1, 0.15) is 40.0 Å². The van der Waals surface area contributed by atoms with Gasteiger partial charge in [0, 0.05) is 30.5 Å². The topological polar surface area (TPSA) is 37.3 Å². The van der Waals surface area contributed by atoms with Crippen molar-refractivity contribution in [3.8, 4) is 5.69 Å². The molecule has 1 saturated heterocycles. The van der Waals surface area contributed by atoms with E-state index in [1.165, 1.54) is 34.6 Å². The molecule has 3 aromatic rings. The number of anilines is 1. The van der Waals surface area contributed by atoms with Crippen molar-refractivity contribution in [2.45, 2.75) is 32.2 Å². The van der Waals surface area contributed by atoms with E-state index in [1.807, 2.05) is 4.90 Å². The third kappa shape index (κ3) is 2.76. The maximum atomic E-state index is 13.2. The second kappa shape index (κ2) is 6.48. The minimum Gasteiger partial charge on any atom is -0.372 e. The number of carbonyl (C=O) groups is 1. The van der Waals surface area contributed by atoms with Gasteiger partial charge in [-0.3, -0.25) is 4.79 Å². The Morgan fingerprint density at radius 3 is 2.48 bits per heavy atom. The molecule has 3 heterocycles. The molecular weight excluding hydrogens is 365 g/mol. The molecule has 1 N–H and O–H groups in total. The largest absolute Gasteiger partial charge is 0.372 e. The summed E-state index contributed by atoms with van der Waals surface area (Å²) in [6.07, 6.45) is 3.80. The van der Waals surface area contributed by atoms with Crippen molar-refractivity contribution in [1.29, 1.82) is 0 Å². The number of carbonyl (C=O) groups excluding carboxylic acids is 1. The van der Waals surface area contributed by atoms with Gasteiger partial charge in [0.05, 0.1) is 16.9 Å². The van der Waals surface area contributed by atoms with Gasteiger partial charge >= 0.3 is 0 Å². The Balaban J connectivity index is 1.43. The van der Waals surface area contributed by atoms with Crippen LogP contribution in [-0.2, 0) is 5.54 Å². The van der Waals surface area contributed by atoms with Crippen molar-refractivity contribution >= 4 is 11.6 Å². The summed E-state index contributed by atoms with van der Waals surface area (Å²) in [5.41, 5.74) is 6.55. The van der Waals surface area contributed by atoms with Gasteiger partial charge in [-0.2, -0.15) is 0 Å². The number of rotatable bonds is 1. The number of likely N-dealkylation sites (tertiary alicyclic amines) is 1. The number of nitrogens with one attached hydrogen (secondary N) is 1. The average Bonchev–Trinajstić information content (AvgIpc) is 3.22. The zero-order chi connectivity index (χ0) is 20.2. The highest BCUT2D eigenvalue weighted by molar-refractivity contribution is 5.94. The van der Waals surface area contributed by atoms with Crippen molar-refractivity contribution in [2.24, 2.45) is 0 Å². The molecule has 0 unspecified atom stereocenters. The zero-order valence-corrected chi connectivity index (χ0v) is 16.7. The third-order valence-electron chi connectivity index (χ3n) is 6.55. The first-order valence-corrected chi connectivity index (χ1v) is 10.1. The molecule has 4 nitrogen and oxygen atoms in total. The van der Waals surface area contributed by atoms with Crippen molar-refractivity contribution in [3.63, 3.8) is 0 Å². The summed E-state index contributed by atoms with van der Waals surface area (Å²) >= 11 is 0. The first kappa shape index (κ1) is 18.0. The molecule has 1 fully saturated rings. The Labute approximate surface area is 170 Å². The van der Waals surface area contributed by atoms with Crippen molar-refractivity contribution < 1.29 is 9.18 Å². The highest BCUT2D eigenvalue weighted by Gasteiger charge is 2.42. The second-order valence-electron chi connectivity index (χ2n) is 8.17. The van der Waals surface area contributed by atoms with Crippen molar-refractivity contribution in [1.82, 2.24) is 9.47 Å². The van der Waals surface area contributed by atoms with Crippen LogP contribution in [0.25, 0.3) is 5.69 Å². The number of aryl methyl sites for hydroxylation is 1. The van der Waals surface area contributed by atoms with E-state index in [-0.39, 0.29) is 17.3 Å². The van der Waals surface area contributed by atoms with Gasteiger partial charge in [-0.05, 0) is 80.3 Å². The monoisotopic (exact) mass is 389 g/mol. The van der Waals surface area contributed by atoms with E-state index in [9.17, 15) is 9.18 Å². The number of benzene rings is 2. The lowest BCUT2D eigenvalue weighted by atomic mass is 9.81. The van der Waals surface area contributed by atoms with Crippen LogP contribution in [0.4, 0.5) is 10.1 Å². The molecule has 0 atom stereocenters. The Morgan fingerprint density at radius 2 is 1.76 bits per heavy atom. The SMILES string of the molecule is Cc1ccc2c(c1C)-n1cccc1C1(CCN(C(=O)c3ccc(F)cc3)CC1)N2. The summed E-state index contributed by atoms with van der Waals surface area (Å²) in [5.74, 6) is -0.353.